The minimum atomic E-state index is -0.214. The summed E-state index contributed by atoms with van der Waals surface area (Å²) in [5.41, 5.74) is 7.83. The Labute approximate surface area is 121 Å². The summed E-state index contributed by atoms with van der Waals surface area (Å²) in [6.07, 6.45) is 2.77. The number of halogens is 1. The van der Waals surface area contributed by atoms with Crippen molar-refractivity contribution in [2.75, 3.05) is 6.54 Å². The predicted octanol–water partition coefficient (Wildman–Crippen LogP) is 3.96. The Morgan fingerprint density at radius 2 is 1.95 bits per heavy atom. The van der Waals surface area contributed by atoms with Gasteiger partial charge in [0.15, 0.2) is 0 Å². The number of nitrogens with one attached hydrogen (secondary N) is 1. The molecule has 0 aliphatic heterocycles. The second-order valence-corrected chi connectivity index (χ2v) is 5.68. The molecule has 0 radical (unpaired) electrons. The van der Waals surface area contributed by atoms with E-state index in [1.807, 2.05) is 18.3 Å². The van der Waals surface area contributed by atoms with Crippen LogP contribution in [0.5, 0.6) is 0 Å². The zero-order chi connectivity index (χ0) is 13.9. The highest BCUT2D eigenvalue weighted by Crippen LogP contribution is 2.35. The Morgan fingerprint density at radius 1 is 1.10 bits per heavy atom. The summed E-state index contributed by atoms with van der Waals surface area (Å²) in [5.74, 6) is -0.214. The van der Waals surface area contributed by atoms with E-state index in [0.29, 0.717) is 6.54 Å². The van der Waals surface area contributed by atoms with Crippen LogP contribution in [0.1, 0.15) is 5.56 Å². The van der Waals surface area contributed by atoms with Crippen LogP contribution in [-0.4, -0.2) is 11.5 Å². The van der Waals surface area contributed by atoms with Crippen molar-refractivity contribution in [2.24, 2.45) is 5.73 Å². The number of nitrogens with two attached hydrogens (primary N) is 1. The molecule has 0 saturated carbocycles. The summed E-state index contributed by atoms with van der Waals surface area (Å²) in [4.78, 5) is 5.38. The van der Waals surface area contributed by atoms with E-state index in [1.165, 1.54) is 16.5 Å². The number of benzene rings is 2. The minimum absolute atomic E-state index is 0.214. The second-order valence-electron chi connectivity index (χ2n) is 4.59. The topological polar surface area (TPSA) is 41.8 Å². The lowest BCUT2D eigenvalue weighted by Gasteiger charge is -2.07. The van der Waals surface area contributed by atoms with E-state index in [0.717, 1.165) is 22.2 Å². The van der Waals surface area contributed by atoms with Gasteiger partial charge in [-0.15, -0.1) is 0 Å². The maximum absolute atomic E-state index is 13.4. The monoisotopic (exact) mass is 286 g/mol. The van der Waals surface area contributed by atoms with E-state index in [4.69, 9.17) is 5.73 Å². The summed E-state index contributed by atoms with van der Waals surface area (Å²) >= 11 is 1.65. The van der Waals surface area contributed by atoms with Gasteiger partial charge in [0.25, 0.3) is 0 Å². The average Bonchev–Trinajstić information content (AvgIpc) is 2.84. The van der Waals surface area contributed by atoms with Crippen molar-refractivity contribution in [2.45, 2.75) is 16.2 Å². The molecule has 0 aliphatic carbocycles. The van der Waals surface area contributed by atoms with Crippen molar-refractivity contribution in [1.29, 1.82) is 0 Å². The molecule has 20 heavy (non-hydrogen) atoms. The molecular weight excluding hydrogens is 271 g/mol. The lowest BCUT2D eigenvalue weighted by molar-refractivity contribution is 0.629. The van der Waals surface area contributed by atoms with Crippen LogP contribution in [0.3, 0.4) is 0 Å². The van der Waals surface area contributed by atoms with Crippen LogP contribution in [0.15, 0.2) is 58.5 Å². The number of fused-ring (bicyclic) bond motifs is 1. The summed E-state index contributed by atoms with van der Waals surface area (Å²) in [7, 11) is 0. The van der Waals surface area contributed by atoms with Gasteiger partial charge in [-0.2, -0.15) is 0 Å². The van der Waals surface area contributed by atoms with Gasteiger partial charge in [0.1, 0.15) is 5.82 Å². The molecule has 3 rings (SSSR count). The number of rotatable bonds is 4. The van der Waals surface area contributed by atoms with E-state index < -0.39 is 0 Å². The van der Waals surface area contributed by atoms with Crippen molar-refractivity contribution >= 4 is 22.7 Å². The van der Waals surface area contributed by atoms with Crippen molar-refractivity contribution in [3.05, 3.63) is 60.0 Å². The molecule has 3 aromatic rings. The molecule has 3 N–H and O–H groups in total. The Balaban J connectivity index is 1.99. The zero-order valence-electron chi connectivity index (χ0n) is 10.9. The van der Waals surface area contributed by atoms with Gasteiger partial charge in [-0.1, -0.05) is 30.0 Å². The van der Waals surface area contributed by atoms with E-state index in [2.05, 4.69) is 17.1 Å². The van der Waals surface area contributed by atoms with Gasteiger partial charge < -0.3 is 10.7 Å². The Morgan fingerprint density at radius 3 is 2.80 bits per heavy atom. The molecule has 102 valence electrons. The number of hydrogen-bond donors (Lipinski definition) is 2. The molecule has 2 nitrogen and oxygen atoms in total. The average molecular weight is 286 g/mol. The van der Waals surface area contributed by atoms with Crippen LogP contribution < -0.4 is 5.73 Å². The summed E-state index contributed by atoms with van der Waals surface area (Å²) in [6, 6.07) is 13.0. The highest BCUT2D eigenvalue weighted by Gasteiger charge is 2.09. The number of aromatic nitrogens is 1. The van der Waals surface area contributed by atoms with E-state index in [-0.39, 0.29) is 5.82 Å². The largest absolute Gasteiger partial charge is 0.360 e. The Bertz CT molecular complexity index is 736. The van der Waals surface area contributed by atoms with Gasteiger partial charge in [0.2, 0.25) is 0 Å². The standard InChI is InChI=1S/C16H15FN2S/c17-12-5-6-14-13(9-12)16(10-19-14)20-15-4-2-1-3-11(15)7-8-18/h1-6,9-10,19H,7-8,18H2. The maximum Gasteiger partial charge on any atom is 0.123 e. The Kier molecular flexibility index (Phi) is 3.76. The van der Waals surface area contributed by atoms with E-state index in [1.54, 1.807) is 23.9 Å². The number of aromatic amines is 1. The van der Waals surface area contributed by atoms with Crippen LogP contribution >= 0.6 is 11.8 Å². The fourth-order valence-electron chi connectivity index (χ4n) is 2.24. The molecule has 0 aliphatic rings. The quantitative estimate of drug-likeness (QED) is 0.762. The molecule has 4 heteroatoms. The van der Waals surface area contributed by atoms with Crippen LogP contribution in [-0.2, 0) is 6.42 Å². The fraction of sp³-hybridized carbons (Fsp3) is 0.125. The molecule has 0 saturated heterocycles. The molecule has 0 amide bonds. The van der Waals surface area contributed by atoms with E-state index >= 15 is 0 Å². The normalized spacial score (nSPS) is 11.1. The summed E-state index contributed by atoms with van der Waals surface area (Å²) < 4.78 is 13.4. The first-order chi connectivity index (χ1) is 9.78. The molecular formula is C16H15FN2S. The lowest BCUT2D eigenvalue weighted by Crippen LogP contribution is -2.03. The predicted molar refractivity (Wildman–Crippen MR) is 81.6 cm³/mol. The van der Waals surface area contributed by atoms with E-state index in [9.17, 15) is 4.39 Å². The number of hydrogen-bond acceptors (Lipinski definition) is 2. The molecule has 0 atom stereocenters. The number of H-pyrrole nitrogens is 1. The smallest absolute Gasteiger partial charge is 0.123 e. The third-order valence-corrected chi connectivity index (χ3v) is 4.39. The Hall–Kier alpha value is -1.78. The lowest BCUT2D eigenvalue weighted by atomic mass is 10.1. The first-order valence-electron chi connectivity index (χ1n) is 6.50. The maximum atomic E-state index is 13.4. The SMILES string of the molecule is NCCc1ccccc1Sc1c[nH]c2ccc(F)cc12. The summed E-state index contributed by atoms with van der Waals surface area (Å²) in [6.45, 7) is 0.625. The first kappa shape index (κ1) is 13.2. The molecule has 0 unspecified atom stereocenters. The van der Waals surface area contributed by atoms with Crippen molar-refractivity contribution in [1.82, 2.24) is 4.98 Å². The van der Waals surface area contributed by atoms with Gasteiger partial charge >= 0.3 is 0 Å². The molecule has 0 bridgehead atoms. The highest BCUT2D eigenvalue weighted by molar-refractivity contribution is 7.99. The van der Waals surface area contributed by atoms with Gasteiger partial charge in [-0.25, -0.2) is 4.39 Å². The van der Waals surface area contributed by atoms with Crippen molar-refractivity contribution in [3.8, 4) is 0 Å². The van der Waals surface area contributed by atoms with Crippen LogP contribution in [0.2, 0.25) is 0 Å². The third-order valence-electron chi connectivity index (χ3n) is 3.21. The molecule has 1 heterocycles. The molecule has 0 spiro atoms. The zero-order valence-corrected chi connectivity index (χ0v) is 11.7. The minimum Gasteiger partial charge on any atom is -0.360 e. The molecule has 1 aromatic heterocycles. The van der Waals surface area contributed by atoms with Crippen LogP contribution in [0, 0.1) is 5.82 Å². The van der Waals surface area contributed by atoms with Gasteiger partial charge in [0, 0.05) is 26.9 Å². The summed E-state index contributed by atoms with van der Waals surface area (Å²) in [5, 5.41) is 0.914. The third kappa shape index (κ3) is 2.57. The molecule has 2 aromatic carbocycles. The van der Waals surface area contributed by atoms with Gasteiger partial charge in [0.05, 0.1) is 0 Å². The second kappa shape index (κ2) is 5.69. The highest BCUT2D eigenvalue weighted by atomic mass is 32.2. The van der Waals surface area contributed by atoms with Gasteiger partial charge in [-0.3, -0.25) is 0 Å². The van der Waals surface area contributed by atoms with Crippen molar-refractivity contribution < 1.29 is 4.39 Å². The van der Waals surface area contributed by atoms with Crippen LogP contribution in [0.25, 0.3) is 10.9 Å². The first-order valence-corrected chi connectivity index (χ1v) is 7.32. The fourth-order valence-corrected chi connectivity index (χ4v) is 3.32. The van der Waals surface area contributed by atoms with Crippen LogP contribution in [0.4, 0.5) is 4.39 Å². The van der Waals surface area contributed by atoms with Crippen molar-refractivity contribution in [3.63, 3.8) is 0 Å². The molecule has 0 fully saturated rings. The van der Waals surface area contributed by atoms with Gasteiger partial charge in [-0.05, 0) is 42.8 Å².